The lowest BCUT2D eigenvalue weighted by molar-refractivity contribution is -0.141. The number of para-hydroxylation sites is 1. The molecule has 4 rings (SSSR count). The highest BCUT2D eigenvalue weighted by molar-refractivity contribution is 6.38. The van der Waals surface area contributed by atoms with Gasteiger partial charge in [0.2, 0.25) is 17.6 Å². The summed E-state index contributed by atoms with van der Waals surface area (Å²) in [5.41, 5.74) is 0.828. The molecule has 1 aromatic carbocycles. The molecule has 2 aromatic rings. The molecule has 4 amide bonds. The third-order valence-corrected chi connectivity index (χ3v) is 7.88. The van der Waals surface area contributed by atoms with Crippen LogP contribution < -0.4 is 21.3 Å². The number of ketones is 1. The first-order chi connectivity index (χ1) is 19.7. The molecular formula is C31H41N5O5. The minimum atomic E-state index is -1.19. The zero-order valence-electron chi connectivity index (χ0n) is 23.9. The van der Waals surface area contributed by atoms with E-state index in [1.807, 2.05) is 32.0 Å². The third kappa shape index (κ3) is 8.34. The van der Waals surface area contributed by atoms with Gasteiger partial charge in [-0.15, -0.1) is 0 Å². The molecule has 2 aliphatic rings. The van der Waals surface area contributed by atoms with Crippen LogP contribution in [0.5, 0.6) is 0 Å². The van der Waals surface area contributed by atoms with Crippen molar-refractivity contribution in [3.63, 3.8) is 0 Å². The van der Waals surface area contributed by atoms with E-state index in [0.29, 0.717) is 24.9 Å². The van der Waals surface area contributed by atoms with Crippen LogP contribution >= 0.6 is 0 Å². The molecule has 0 radical (unpaired) electrons. The van der Waals surface area contributed by atoms with E-state index in [4.69, 9.17) is 0 Å². The maximum absolute atomic E-state index is 13.6. The number of hydrogen-bond acceptors (Lipinski definition) is 6. The van der Waals surface area contributed by atoms with Crippen LogP contribution in [0.3, 0.4) is 0 Å². The number of aromatic nitrogens is 1. The Hall–Kier alpha value is -3.82. The van der Waals surface area contributed by atoms with Crippen LogP contribution in [0.25, 0.3) is 10.9 Å². The Bertz CT molecular complexity index is 1270. The second kappa shape index (κ2) is 14.2. The molecular weight excluding hydrogens is 522 g/mol. The summed E-state index contributed by atoms with van der Waals surface area (Å²) < 4.78 is 0. The predicted molar refractivity (Wildman–Crippen MR) is 155 cm³/mol. The van der Waals surface area contributed by atoms with E-state index in [0.717, 1.165) is 43.9 Å². The fraction of sp³-hybridized carbons (Fsp3) is 0.548. The summed E-state index contributed by atoms with van der Waals surface area (Å²) in [6, 6.07) is 8.59. The number of nitrogens with one attached hydrogen (secondary N) is 4. The number of nitrogens with zero attached hydrogens (tertiary/aromatic N) is 1. The topological polar surface area (TPSA) is 146 Å². The summed E-state index contributed by atoms with van der Waals surface area (Å²) in [7, 11) is 0. The first-order valence-corrected chi connectivity index (χ1v) is 14.8. The lowest BCUT2D eigenvalue weighted by atomic mass is 9.89. The van der Waals surface area contributed by atoms with Gasteiger partial charge in [-0.1, -0.05) is 57.4 Å². The molecule has 1 aliphatic heterocycles. The Morgan fingerprint density at radius 2 is 1.68 bits per heavy atom. The summed E-state index contributed by atoms with van der Waals surface area (Å²) in [4.78, 5) is 70.0. The molecule has 10 nitrogen and oxygen atoms in total. The number of benzene rings is 1. The number of rotatable bonds is 11. The van der Waals surface area contributed by atoms with Crippen molar-refractivity contribution < 1.29 is 24.0 Å². The maximum atomic E-state index is 13.6. The van der Waals surface area contributed by atoms with Crippen molar-refractivity contribution in [3.05, 3.63) is 42.1 Å². The molecule has 1 aromatic heterocycles. The van der Waals surface area contributed by atoms with Gasteiger partial charge in [0.1, 0.15) is 11.7 Å². The zero-order chi connectivity index (χ0) is 29.4. The number of pyridine rings is 1. The summed E-state index contributed by atoms with van der Waals surface area (Å²) in [6.07, 6.45) is 6.35. The van der Waals surface area contributed by atoms with Crippen LogP contribution in [0.2, 0.25) is 0 Å². The van der Waals surface area contributed by atoms with Gasteiger partial charge in [-0.2, -0.15) is 0 Å². The largest absolute Gasteiger partial charge is 0.356 e. The second-order valence-electron chi connectivity index (χ2n) is 11.6. The van der Waals surface area contributed by atoms with Gasteiger partial charge in [0.15, 0.2) is 0 Å². The van der Waals surface area contributed by atoms with Crippen molar-refractivity contribution in [2.45, 2.75) is 89.8 Å². The minimum Gasteiger partial charge on any atom is -0.356 e. The lowest BCUT2D eigenvalue weighted by Gasteiger charge is -2.28. The molecule has 1 saturated heterocycles. The predicted octanol–water partition coefficient (Wildman–Crippen LogP) is 2.80. The number of amides is 4. The molecule has 1 aliphatic carbocycles. The van der Waals surface area contributed by atoms with Gasteiger partial charge in [0.05, 0.1) is 11.6 Å². The maximum Gasteiger partial charge on any atom is 0.289 e. The van der Waals surface area contributed by atoms with Crippen molar-refractivity contribution in [2.24, 2.45) is 11.8 Å². The first kappa shape index (κ1) is 30.1. The zero-order valence-corrected chi connectivity index (χ0v) is 23.9. The molecule has 41 heavy (non-hydrogen) atoms. The van der Waals surface area contributed by atoms with Crippen LogP contribution in [0.15, 0.2) is 36.4 Å². The quantitative estimate of drug-likeness (QED) is 0.309. The monoisotopic (exact) mass is 563 g/mol. The highest BCUT2D eigenvalue weighted by Gasteiger charge is 2.35. The van der Waals surface area contributed by atoms with Gasteiger partial charge in [-0.25, -0.2) is 4.98 Å². The van der Waals surface area contributed by atoms with Crippen molar-refractivity contribution in [1.29, 1.82) is 0 Å². The molecule has 0 spiro atoms. The number of carbonyl (C=O) groups is 5. The van der Waals surface area contributed by atoms with Crippen molar-refractivity contribution in [3.8, 4) is 0 Å². The number of piperidine rings is 1. The number of hydrogen-bond donors (Lipinski definition) is 4. The fourth-order valence-corrected chi connectivity index (χ4v) is 5.64. The highest BCUT2D eigenvalue weighted by Crippen LogP contribution is 2.20. The van der Waals surface area contributed by atoms with Crippen LogP contribution in [-0.2, 0) is 19.2 Å². The molecule has 10 heteroatoms. The minimum absolute atomic E-state index is 0.0169. The number of fused-ring (bicyclic) bond motifs is 1. The summed E-state index contributed by atoms with van der Waals surface area (Å²) in [5, 5.41) is 12.0. The van der Waals surface area contributed by atoms with E-state index < -0.39 is 41.5 Å². The molecule has 2 heterocycles. The fourth-order valence-electron chi connectivity index (χ4n) is 5.64. The highest BCUT2D eigenvalue weighted by atomic mass is 16.2. The van der Waals surface area contributed by atoms with Crippen molar-refractivity contribution in [2.75, 3.05) is 6.54 Å². The van der Waals surface area contributed by atoms with E-state index in [9.17, 15) is 24.0 Å². The molecule has 0 unspecified atom stereocenters. The smallest absolute Gasteiger partial charge is 0.289 e. The van der Waals surface area contributed by atoms with Gasteiger partial charge in [-0.3, -0.25) is 24.0 Å². The number of Topliss-reactive ketones (excluding diaryl/α,β-unsaturated/α-hetero) is 1. The van der Waals surface area contributed by atoms with E-state index in [1.165, 1.54) is 0 Å². The van der Waals surface area contributed by atoms with E-state index >= 15 is 0 Å². The molecule has 3 atom stereocenters. The second-order valence-corrected chi connectivity index (χ2v) is 11.6. The average molecular weight is 564 g/mol. The van der Waals surface area contributed by atoms with Crippen LogP contribution in [0.1, 0.15) is 82.1 Å². The summed E-state index contributed by atoms with van der Waals surface area (Å²) >= 11 is 0. The van der Waals surface area contributed by atoms with Gasteiger partial charge in [-0.05, 0) is 56.6 Å². The standard InChI is InChI=1S/C31H41N5O5/c1-19(2)17-26(36-29(39)24-15-14-20-9-6-7-13-23(20)34-24)30(40)35-25(18-21-10-8-16-32-28(21)38)27(37)31(41)33-22-11-4-3-5-12-22/h6-7,9,13-15,19,21-22,25-26H,3-5,8,10-12,16-18H2,1-2H3,(H,32,38)(H,33,41)(H,35,40)(H,36,39)/t21-,25-,26-/m0/s1. The van der Waals surface area contributed by atoms with E-state index in [2.05, 4.69) is 26.3 Å². The molecule has 220 valence electrons. The Kier molecular flexibility index (Phi) is 10.4. The van der Waals surface area contributed by atoms with Gasteiger partial charge in [0.25, 0.3) is 11.8 Å². The molecule has 2 fully saturated rings. The Morgan fingerprint density at radius 1 is 0.927 bits per heavy atom. The van der Waals surface area contributed by atoms with E-state index in [-0.39, 0.29) is 30.0 Å². The van der Waals surface area contributed by atoms with Crippen LogP contribution in [-0.4, -0.2) is 59.1 Å². The SMILES string of the molecule is CC(C)C[C@H](NC(=O)c1ccc2ccccc2n1)C(=O)N[C@@H](C[C@@H]1CCCNC1=O)C(=O)C(=O)NC1CCCCC1. The van der Waals surface area contributed by atoms with Gasteiger partial charge >= 0.3 is 0 Å². The average Bonchev–Trinajstić information content (AvgIpc) is 2.97. The summed E-state index contributed by atoms with van der Waals surface area (Å²) in [6.45, 7) is 4.41. The Labute approximate surface area is 240 Å². The first-order valence-electron chi connectivity index (χ1n) is 14.8. The third-order valence-electron chi connectivity index (χ3n) is 7.88. The normalized spacial score (nSPS) is 19.2. The van der Waals surface area contributed by atoms with Crippen LogP contribution in [0, 0.1) is 11.8 Å². The lowest BCUT2D eigenvalue weighted by Crippen LogP contribution is -2.56. The molecule has 1 saturated carbocycles. The van der Waals surface area contributed by atoms with E-state index in [1.54, 1.807) is 18.2 Å². The van der Waals surface area contributed by atoms with Crippen molar-refractivity contribution in [1.82, 2.24) is 26.3 Å². The number of carbonyl (C=O) groups excluding carboxylic acids is 5. The van der Waals surface area contributed by atoms with Crippen LogP contribution in [0.4, 0.5) is 0 Å². The van der Waals surface area contributed by atoms with Gasteiger partial charge < -0.3 is 21.3 Å². The van der Waals surface area contributed by atoms with Crippen molar-refractivity contribution >= 4 is 40.3 Å². The Balaban J connectivity index is 1.49. The molecule has 4 N–H and O–H groups in total. The molecule has 0 bridgehead atoms. The summed E-state index contributed by atoms with van der Waals surface area (Å²) in [5.74, 6) is -3.25. The van der Waals surface area contributed by atoms with Gasteiger partial charge in [0, 0.05) is 23.9 Å². The Morgan fingerprint density at radius 3 is 2.41 bits per heavy atom.